The summed E-state index contributed by atoms with van der Waals surface area (Å²) >= 11 is 12.5. The molecule has 0 unspecified atom stereocenters. The number of amides is 1. The van der Waals surface area contributed by atoms with Crippen LogP contribution in [0.3, 0.4) is 0 Å². The Morgan fingerprint density at radius 3 is 2.65 bits per heavy atom. The summed E-state index contributed by atoms with van der Waals surface area (Å²) in [6, 6.07) is 9.26. The molecule has 1 amide bonds. The van der Waals surface area contributed by atoms with Gasteiger partial charge in [-0.15, -0.1) is 0 Å². The first-order valence-electron chi connectivity index (χ1n) is 5.64. The van der Waals surface area contributed by atoms with Gasteiger partial charge in [-0.2, -0.15) is 0 Å². The Hall–Kier alpha value is -0.910. The molecule has 2 aromatic carbocycles. The fourth-order valence-corrected chi connectivity index (χ4v) is 2.89. The summed E-state index contributed by atoms with van der Waals surface area (Å²) in [7, 11) is 0. The molecule has 0 saturated carbocycles. The number of rotatable bonds is 3. The molecule has 0 aliphatic carbocycles. The molecule has 2 rings (SSSR count). The third-order valence-corrected chi connectivity index (χ3v) is 4.02. The summed E-state index contributed by atoms with van der Waals surface area (Å²) in [6.07, 6.45) is 0. The Bertz CT molecular complexity index is 643. The Morgan fingerprint density at radius 2 is 1.95 bits per heavy atom. The van der Waals surface area contributed by atoms with E-state index in [1.807, 2.05) is 0 Å². The monoisotopic (exact) mass is 419 g/mol. The molecule has 0 radical (unpaired) electrons. The molecule has 0 aliphatic rings. The Morgan fingerprint density at radius 1 is 1.20 bits per heavy atom. The van der Waals surface area contributed by atoms with E-state index in [4.69, 9.17) is 11.6 Å². The van der Waals surface area contributed by atoms with Gasteiger partial charge >= 0.3 is 0 Å². The van der Waals surface area contributed by atoms with Crippen LogP contribution in [0, 0.1) is 5.82 Å². The van der Waals surface area contributed by atoms with E-state index in [0.29, 0.717) is 16.1 Å². The van der Waals surface area contributed by atoms with Crippen LogP contribution >= 0.6 is 43.5 Å². The third-order valence-electron chi connectivity index (χ3n) is 2.57. The smallest absolute Gasteiger partial charge is 0.251 e. The number of halogens is 4. The zero-order valence-electron chi connectivity index (χ0n) is 10.1. The average molecular weight is 421 g/mol. The van der Waals surface area contributed by atoms with Gasteiger partial charge in [-0.05, 0) is 42.0 Å². The van der Waals surface area contributed by atoms with Crippen molar-refractivity contribution < 1.29 is 9.18 Å². The Kier molecular flexibility index (Phi) is 5.18. The average Bonchev–Trinajstić information content (AvgIpc) is 2.38. The molecule has 0 bridgehead atoms. The first-order chi connectivity index (χ1) is 9.45. The topological polar surface area (TPSA) is 29.1 Å². The van der Waals surface area contributed by atoms with E-state index in [2.05, 4.69) is 37.2 Å². The van der Waals surface area contributed by atoms with E-state index in [9.17, 15) is 9.18 Å². The van der Waals surface area contributed by atoms with Crippen molar-refractivity contribution in [2.24, 2.45) is 0 Å². The normalized spacial score (nSPS) is 10.4. The van der Waals surface area contributed by atoms with Crippen LogP contribution in [-0.4, -0.2) is 5.91 Å². The molecule has 6 heteroatoms. The second-order valence-corrected chi connectivity index (χ2v) is 6.28. The lowest BCUT2D eigenvalue weighted by molar-refractivity contribution is 0.0950. The van der Waals surface area contributed by atoms with Gasteiger partial charge in [0, 0.05) is 26.1 Å². The van der Waals surface area contributed by atoms with E-state index >= 15 is 0 Å². The van der Waals surface area contributed by atoms with Gasteiger partial charge in [0.2, 0.25) is 0 Å². The largest absolute Gasteiger partial charge is 0.348 e. The maximum Gasteiger partial charge on any atom is 0.251 e. The fourth-order valence-electron chi connectivity index (χ4n) is 1.64. The van der Waals surface area contributed by atoms with Crippen molar-refractivity contribution in [2.75, 3.05) is 0 Å². The molecule has 0 atom stereocenters. The second-order valence-electron chi connectivity index (χ2n) is 4.08. The standard InChI is InChI=1S/C14H9Br2ClFNO/c15-10-3-8(4-11(17)6-10)14(20)19-7-9-5-12(18)1-2-13(9)16/h1-6H,7H2,(H,19,20). The van der Waals surface area contributed by atoms with E-state index in [1.54, 1.807) is 24.3 Å². The third kappa shape index (κ3) is 4.04. The minimum atomic E-state index is -0.344. The lowest BCUT2D eigenvalue weighted by Gasteiger charge is -2.08. The Labute approximate surface area is 137 Å². The fraction of sp³-hybridized carbons (Fsp3) is 0.0714. The van der Waals surface area contributed by atoms with Crippen molar-refractivity contribution in [3.63, 3.8) is 0 Å². The van der Waals surface area contributed by atoms with Gasteiger partial charge in [-0.1, -0.05) is 43.5 Å². The van der Waals surface area contributed by atoms with Crippen LogP contribution in [0.15, 0.2) is 45.3 Å². The van der Waals surface area contributed by atoms with Gasteiger partial charge in [0.05, 0.1) is 0 Å². The minimum absolute atomic E-state index is 0.224. The van der Waals surface area contributed by atoms with Gasteiger partial charge in [0.15, 0.2) is 0 Å². The zero-order valence-corrected chi connectivity index (χ0v) is 14.0. The predicted molar refractivity (Wildman–Crippen MR) is 84.4 cm³/mol. The summed E-state index contributed by atoms with van der Waals surface area (Å²) in [5, 5.41) is 3.19. The molecule has 0 saturated heterocycles. The molecule has 0 heterocycles. The van der Waals surface area contributed by atoms with E-state index in [-0.39, 0.29) is 18.3 Å². The molecule has 0 aliphatic heterocycles. The number of carbonyl (C=O) groups is 1. The highest BCUT2D eigenvalue weighted by molar-refractivity contribution is 9.10. The van der Waals surface area contributed by atoms with Gasteiger partial charge < -0.3 is 5.32 Å². The highest BCUT2D eigenvalue weighted by Gasteiger charge is 2.09. The van der Waals surface area contributed by atoms with Crippen LogP contribution in [0.1, 0.15) is 15.9 Å². The van der Waals surface area contributed by atoms with E-state index in [1.165, 1.54) is 12.1 Å². The summed E-state index contributed by atoms with van der Waals surface area (Å²) in [6.45, 7) is 0.224. The molecule has 104 valence electrons. The van der Waals surface area contributed by atoms with Crippen molar-refractivity contribution in [3.05, 3.63) is 67.3 Å². The molecule has 2 aromatic rings. The summed E-state index contributed by atoms with van der Waals surface area (Å²) in [4.78, 5) is 12.0. The lowest BCUT2D eigenvalue weighted by atomic mass is 10.2. The number of hydrogen-bond donors (Lipinski definition) is 1. The first kappa shape index (κ1) is 15.5. The second kappa shape index (κ2) is 6.70. The van der Waals surface area contributed by atoms with Crippen molar-refractivity contribution in [1.29, 1.82) is 0 Å². The highest BCUT2D eigenvalue weighted by atomic mass is 79.9. The van der Waals surface area contributed by atoms with Crippen LogP contribution in [0.5, 0.6) is 0 Å². The van der Waals surface area contributed by atoms with Gasteiger partial charge in [-0.25, -0.2) is 4.39 Å². The molecule has 1 N–H and O–H groups in total. The summed E-state index contributed by atoms with van der Waals surface area (Å²) < 4.78 is 14.6. The quantitative estimate of drug-likeness (QED) is 0.748. The SMILES string of the molecule is O=C(NCc1cc(F)ccc1Br)c1cc(Cl)cc(Br)c1. The number of carbonyl (C=O) groups excluding carboxylic acids is 1. The maximum absolute atomic E-state index is 13.1. The molecular formula is C14H9Br2ClFNO. The van der Waals surface area contributed by atoms with Crippen LogP contribution < -0.4 is 5.32 Å². The molecule has 2 nitrogen and oxygen atoms in total. The van der Waals surface area contributed by atoms with Gasteiger partial charge in [0.25, 0.3) is 5.91 Å². The van der Waals surface area contributed by atoms with Crippen molar-refractivity contribution in [1.82, 2.24) is 5.32 Å². The number of nitrogens with one attached hydrogen (secondary N) is 1. The van der Waals surface area contributed by atoms with E-state index < -0.39 is 0 Å². The van der Waals surface area contributed by atoms with Crippen LogP contribution in [0.25, 0.3) is 0 Å². The molecule has 0 fully saturated rings. The lowest BCUT2D eigenvalue weighted by Crippen LogP contribution is -2.23. The van der Waals surface area contributed by atoms with Crippen LogP contribution in [0.4, 0.5) is 4.39 Å². The van der Waals surface area contributed by atoms with Gasteiger partial charge in [0.1, 0.15) is 5.82 Å². The number of hydrogen-bond acceptors (Lipinski definition) is 1. The zero-order chi connectivity index (χ0) is 14.7. The van der Waals surface area contributed by atoms with Crippen LogP contribution in [-0.2, 0) is 6.54 Å². The first-order valence-corrected chi connectivity index (χ1v) is 7.60. The molecule has 20 heavy (non-hydrogen) atoms. The summed E-state index contributed by atoms with van der Waals surface area (Å²) in [5.41, 5.74) is 1.11. The van der Waals surface area contributed by atoms with Crippen LogP contribution in [0.2, 0.25) is 5.02 Å². The van der Waals surface area contributed by atoms with Crippen molar-refractivity contribution >= 4 is 49.4 Å². The maximum atomic E-state index is 13.1. The number of benzene rings is 2. The van der Waals surface area contributed by atoms with Crippen molar-refractivity contribution in [3.8, 4) is 0 Å². The highest BCUT2D eigenvalue weighted by Crippen LogP contribution is 2.20. The minimum Gasteiger partial charge on any atom is -0.348 e. The summed E-state index contributed by atoms with van der Waals surface area (Å²) in [5.74, 6) is -0.618. The molecular weight excluding hydrogens is 412 g/mol. The Balaban J connectivity index is 2.10. The molecule has 0 spiro atoms. The van der Waals surface area contributed by atoms with Gasteiger partial charge in [-0.3, -0.25) is 4.79 Å². The van der Waals surface area contributed by atoms with Crippen molar-refractivity contribution in [2.45, 2.75) is 6.54 Å². The molecule has 0 aromatic heterocycles. The van der Waals surface area contributed by atoms with E-state index in [0.717, 1.165) is 8.95 Å². The predicted octanol–water partition coefficient (Wildman–Crippen LogP) is 4.93.